The van der Waals surface area contributed by atoms with Crippen molar-refractivity contribution in [3.63, 3.8) is 0 Å². The van der Waals surface area contributed by atoms with E-state index in [-0.39, 0.29) is 4.90 Å². The number of piperidine rings is 1. The van der Waals surface area contributed by atoms with Crippen molar-refractivity contribution >= 4 is 21.4 Å². The number of rotatable bonds is 5. The van der Waals surface area contributed by atoms with Gasteiger partial charge >= 0.3 is 0 Å². The molecule has 0 amide bonds. The molecule has 0 unspecified atom stereocenters. The molecule has 0 bridgehead atoms. The molecule has 1 N–H and O–H groups in total. The minimum Gasteiger partial charge on any atom is -0.495 e. The van der Waals surface area contributed by atoms with Crippen molar-refractivity contribution in [1.82, 2.24) is 0 Å². The van der Waals surface area contributed by atoms with Crippen LogP contribution in [0.3, 0.4) is 0 Å². The summed E-state index contributed by atoms with van der Waals surface area (Å²) >= 11 is 0. The largest absolute Gasteiger partial charge is 0.495 e. The van der Waals surface area contributed by atoms with Crippen LogP contribution in [0.2, 0.25) is 0 Å². The lowest BCUT2D eigenvalue weighted by molar-refractivity contribution is 0.417. The third-order valence-electron chi connectivity index (χ3n) is 4.20. The van der Waals surface area contributed by atoms with E-state index >= 15 is 0 Å². The van der Waals surface area contributed by atoms with Crippen molar-refractivity contribution in [1.29, 1.82) is 0 Å². The van der Waals surface area contributed by atoms with Crippen molar-refractivity contribution in [2.24, 2.45) is 0 Å². The van der Waals surface area contributed by atoms with Gasteiger partial charge in [-0.25, -0.2) is 8.42 Å². The summed E-state index contributed by atoms with van der Waals surface area (Å²) in [5, 5.41) is 0. The van der Waals surface area contributed by atoms with Gasteiger partial charge in [-0.1, -0.05) is 18.2 Å². The number of sulfonamides is 1. The van der Waals surface area contributed by atoms with E-state index in [1.54, 1.807) is 30.3 Å². The number of hydrogen-bond donors (Lipinski definition) is 1. The van der Waals surface area contributed by atoms with Crippen molar-refractivity contribution in [2.45, 2.75) is 24.2 Å². The fraction of sp³-hybridized carbons (Fsp3) is 0.333. The van der Waals surface area contributed by atoms with Crippen LogP contribution in [0.4, 0.5) is 11.4 Å². The highest BCUT2D eigenvalue weighted by atomic mass is 32.2. The predicted molar refractivity (Wildman–Crippen MR) is 96.3 cm³/mol. The molecule has 0 radical (unpaired) electrons. The molecule has 0 spiro atoms. The van der Waals surface area contributed by atoms with Crippen LogP contribution >= 0.6 is 0 Å². The van der Waals surface area contributed by atoms with Gasteiger partial charge in [0, 0.05) is 18.8 Å². The van der Waals surface area contributed by atoms with Gasteiger partial charge in [0.15, 0.2) is 0 Å². The zero-order chi connectivity index (χ0) is 17.0. The molecule has 0 saturated carbocycles. The number of nitrogens with one attached hydrogen (secondary N) is 1. The number of ether oxygens (including phenoxy) is 1. The number of hydrogen-bond acceptors (Lipinski definition) is 4. The molecule has 1 heterocycles. The minimum atomic E-state index is -3.64. The Morgan fingerprint density at radius 1 is 1.00 bits per heavy atom. The highest BCUT2D eigenvalue weighted by Gasteiger charge is 2.18. The average molecular weight is 346 g/mol. The van der Waals surface area contributed by atoms with Crippen molar-refractivity contribution in [3.05, 3.63) is 48.5 Å². The molecule has 5 nitrogen and oxygen atoms in total. The molecule has 1 saturated heterocycles. The third kappa shape index (κ3) is 3.64. The standard InChI is InChI=1S/C18H22N2O3S/c1-23-18-11-10-15(20-12-6-3-7-13-20)14-17(18)19-24(21,22)16-8-4-2-5-9-16/h2,4-5,8-11,14,19H,3,6-7,12-13H2,1H3. The summed E-state index contributed by atoms with van der Waals surface area (Å²) in [5.74, 6) is 0.510. The highest BCUT2D eigenvalue weighted by Crippen LogP contribution is 2.32. The summed E-state index contributed by atoms with van der Waals surface area (Å²) in [4.78, 5) is 2.51. The number of benzene rings is 2. The SMILES string of the molecule is COc1ccc(N2CCCCC2)cc1NS(=O)(=O)c1ccccc1. The molecule has 1 aliphatic rings. The summed E-state index contributed by atoms with van der Waals surface area (Å²) in [5.41, 5.74) is 1.48. The second-order valence-electron chi connectivity index (χ2n) is 5.85. The molecule has 24 heavy (non-hydrogen) atoms. The Labute approximate surface area is 143 Å². The van der Waals surface area contributed by atoms with Crippen LogP contribution in [0.1, 0.15) is 19.3 Å². The van der Waals surface area contributed by atoms with Gasteiger partial charge in [0.25, 0.3) is 10.0 Å². The van der Waals surface area contributed by atoms with Crippen LogP contribution < -0.4 is 14.4 Å². The van der Waals surface area contributed by atoms with Gasteiger partial charge in [0.05, 0.1) is 17.7 Å². The molecule has 6 heteroatoms. The van der Waals surface area contributed by atoms with Crippen molar-refractivity contribution in [3.8, 4) is 5.75 Å². The molecule has 2 aromatic rings. The first-order chi connectivity index (χ1) is 11.6. The van der Waals surface area contributed by atoms with Crippen LogP contribution in [0.5, 0.6) is 5.75 Å². The first-order valence-corrected chi connectivity index (χ1v) is 9.59. The normalized spacial score (nSPS) is 15.1. The molecule has 0 aliphatic carbocycles. The van der Waals surface area contributed by atoms with Crippen LogP contribution in [0, 0.1) is 0 Å². The fourth-order valence-corrected chi connectivity index (χ4v) is 4.01. The van der Waals surface area contributed by atoms with Gasteiger partial charge in [0.2, 0.25) is 0 Å². The van der Waals surface area contributed by atoms with Crippen LogP contribution in [-0.4, -0.2) is 28.6 Å². The second kappa shape index (κ2) is 7.13. The van der Waals surface area contributed by atoms with E-state index in [1.165, 1.54) is 13.5 Å². The maximum absolute atomic E-state index is 12.6. The van der Waals surface area contributed by atoms with Gasteiger partial charge in [-0.05, 0) is 49.6 Å². The van der Waals surface area contributed by atoms with E-state index in [4.69, 9.17) is 4.74 Å². The van der Waals surface area contributed by atoms with E-state index in [0.29, 0.717) is 11.4 Å². The zero-order valence-corrected chi connectivity index (χ0v) is 14.6. The fourth-order valence-electron chi connectivity index (χ4n) is 2.93. The first kappa shape index (κ1) is 16.6. The second-order valence-corrected chi connectivity index (χ2v) is 7.53. The smallest absolute Gasteiger partial charge is 0.262 e. The monoisotopic (exact) mass is 346 g/mol. The summed E-state index contributed by atoms with van der Waals surface area (Å²) < 4.78 is 33.1. The third-order valence-corrected chi connectivity index (χ3v) is 5.58. The Bertz CT molecular complexity index is 785. The van der Waals surface area contributed by atoms with Crippen molar-refractivity contribution < 1.29 is 13.2 Å². The number of methoxy groups -OCH3 is 1. The molecule has 3 rings (SSSR count). The average Bonchev–Trinajstić information content (AvgIpc) is 2.63. The van der Waals surface area contributed by atoms with E-state index in [2.05, 4.69) is 9.62 Å². The summed E-state index contributed by atoms with van der Waals surface area (Å²) in [6.45, 7) is 1.99. The van der Waals surface area contributed by atoms with Gasteiger partial charge in [0.1, 0.15) is 5.75 Å². The molecule has 0 aromatic heterocycles. The Morgan fingerprint density at radius 2 is 1.71 bits per heavy atom. The first-order valence-electron chi connectivity index (χ1n) is 8.11. The number of anilines is 2. The van der Waals surface area contributed by atoms with Crippen LogP contribution in [0.15, 0.2) is 53.4 Å². The molecule has 1 fully saturated rings. The summed E-state index contributed by atoms with van der Waals surface area (Å²) in [6.07, 6.45) is 3.58. The Morgan fingerprint density at radius 3 is 2.38 bits per heavy atom. The van der Waals surface area contributed by atoms with Gasteiger partial charge in [-0.15, -0.1) is 0 Å². The lowest BCUT2D eigenvalue weighted by Crippen LogP contribution is -2.29. The van der Waals surface area contributed by atoms with Gasteiger partial charge in [-0.3, -0.25) is 4.72 Å². The van der Waals surface area contributed by atoms with E-state index in [0.717, 1.165) is 31.6 Å². The van der Waals surface area contributed by atoms with Crippen LogP contribution in [-0.2, 0) is 10.0 Å². The maximum Gasteiger partial charge on any atom is 0.262 e. The molecule has 1 aliphatic heterocycles. The van der Waals surface area contributed by atoms with E-state index < -0.39 is 10.0 Å². The van der Waals surface area contributed by atoms with Gasteiger partial charge in [-0.2, -0.15) is 0 Å². The Kier molecular flexibility index (Phi) is 4.94. The van der Waals surface area contributed by atoms with E-state index in [9.17, 15) is 8.42 Å². The Hall–Kier alpha value is -2.21. The van der Waals surface area contributed by atoms with Crippen molar-refractivity contribution in [2.75, 3.05) is 29.8 Å². The topological polar surface area (TPSA) is 58.6 Å². The molecule has 0 atom stereocenters. The molecule has 2 aromatic carbocycles. The maximum atomic E-state index is 12.6. The summed E-state index contributed by atoms with van der Waals surface area (Å²) in [7, 11) is -2.10. The van der Waals surface area contributed by atoms with Crippen LogP contribution in [0.25, 0.3) is 0 Å². The lowest BCUT2D eigenvalue weighted by Gasteiger charge is -2.29. The minimum absolute atomic E-state index is 0.232. The Balaban J connectivity index is 1.91. The number of nitrogens with zero attached hydrogens (tertiary/aromatic N) is 1. The quantitative estimate of drug-likeness (QED) is 0.900. The molecular weight excluding hydrogens is 324 g/mol. The van der Waals surface area contributed by atoms with E-state index in [1.807, 2.05) is 18.2 Å². The molecule has 128 valence electrons. The molecular formula is C18H22N2O3S. The highest BCUT2D eigenvalue weighted by molar-refractivity contribution is 7.92. The zero-order valence-electron chi connectivity index (χ0n) is 13.7. The summed E-state index contributed by atoms with van der Waals surface area (Å²) in [6, 6.07) is 14.0. The lowest BCUT2D eigenvalue weighted by atomic mass is 10.1. The predicted octanol–water partition coefficient (Wildman–Crippen LogP) is 3.49. The van der Waals surface area contributed by atoms with Gasteiger partial charge < -0.3 is 9.64 Å².